The number of rotatable bonds is 7. The predicted octanol–water partition coefficient (Wildman–Crippen LogP) is 5.31. The lowest BCUT2D eigenvalue weighted by Crippen LogP contribution is -2.21. The average Bonchev–Trinajstić information content (AvgIpc) is 2.75. The van der Waals surface area contributed by atoms with Crippen LogP contribution in [0.3, 0.4) is 0 Å². The number of primary amides is 1. The first-order valence-corrected chi connectivity index (χ1v) is 11.2. The van der Waals surface area contributed by atoms with Crippen LogP contribution in [0.5, 0.6) is 0 Å². The van der Waals surface area contributed by atoms with Crippen molar-refractivity contribution < 1.29 is 9.59 Å². The topological polar surface area (TPSA) is 101 Å². The number of thiol groups is 2. The second-order valence-corrected chi connectivity index (χ2v) is 6.95. The zero-order valence-corrected chi connectivity index (χ0v) is 20.8. The maximum atomic E-state index is 10.4. The zero-order chi connectivity index (χ0) is 23.9. The number of anilines is 1. The summed E-state index contributed by atoms with van der Waals surface area (Å²) < 4.78 is 0. The van der Waals surface area contributed by atoms with Gasteiger partial charge in [0.25, 0.3) is 10.5 Å². The molecule has 7 nitrogen and oxygen atoms in total. The smallest absolute Gasteiger partial charge is 0.280 e. The van der Waals surface area contributed by atoms with Gasteiger partial charge in [0.05, 0.1) is 0 Å². The molecule has 1 aromatic heterocycles. The van der Waals surface area contributed by atoms with E-state index < -0.39 is 5.24 Å². The van der Waals surface area contributed by atoms with Gasteiger partial charge in [0.2, 0.25) is 0 Å². The molecule has 0 saturated carbocycles. The van der Waals surface area contributed by atoms with Crippen LogP contribution in [0, 0.1) is 0 Å². The van der Waals surface area contributed by atoms with Crippen molar-refractivity contribution in [2.45, 2.75) is 47.0 Å². The Labute approximate surface area is 198 Å². The van der Waals surface area contributed by atoms with Crippen LogP contribution >= 0.6 is 25.3 Å². The Bertz CT molecular complexity index is 663. The van der Waals surface area contributed by atoms with Gasteiger partial charge in [-0.15, -0.1) is 0 Å². The molecule has 0 spiro atoms. The summed E-state index contributed by atoms with van der Waals surface area (Å²) in [5.41, 5.74) is 6.34. The zero-order valence-electron chi connectivity index (χ0n) is 19.0. The molecule has 2 amide bonds. The summed E-state index contributed by atoms with van der Waals surface area (Å²) in [7, 11) is 0. The van der Waals surface area contributed by atoms with Crippen LogP contribution in [0.4, 0.5) is 15.3 Å². The van der Waals surface area contributed by atoms with Gasteiger partial charge in [0.15, 0.2) is 0 Å². The van der Waals surface area contributed by atoms with Crippen molar-refractivity contribution in [1.82, 2.24) is 14.9 Å². The van der Waals surface area contributed by atoms with Crippen LogP contribution in [0.1, 0.15) is 46.1 Å². The molecule has 9 heteroatoms. The minimum absolute atomic E-state index is 0.341. The van der Waals surface area contributed by atoms with Gasteiger partial charge in [-0.3, -0.25) is 9.59 Å². The predicted molar refractivity (Wildman–Crippen MR) is 137 cm³/mol. The maximum Gasteiger partial charge on any atom is 0.280 e. The van der Waals surface area contributed by atoms with Crippen molar-refractivity contribution in [2.75, 3.05) is 25.0 Å². The van der Waals surface area contributed by atoms with Crippen LogP contribution in [0.25, 0.3) is 0 Å². The van der Waals surface area contributed by atoms with E-state index in [0.29, 0.717) is 0 Å². The quantitative estimate of drug-likeness (QED) is 0.413. The lowest BCUT2D eigenvalue weighted by molar-refractivity contribution is 0.267. The molecule has 1 aromatic carbocycles. The first-order valence-electron chi connectivity index (χ1n) is 10.3. The van der Waals surface area contributed by atoms with Gasteiger partial charge in [-0.25, -0.2) is 9.97 Å². The Hall–Kier alpha value is -2.10. The maximum absolute atomic E-state index is 10.4. The third-order valence-corrected chi connectivity index (χ3v) is 3.91. The fourth-order valence-corrected chi connectivity index (χ4v) is 2.28. The molecular weight excluding hydrogens is 430 g/mol. The van der Waals surface area contributed by atoms with Gasteiger partial charge in [-0.05, 0) is 50.2 Å². The SMILES string of the molecule is CCCCc1cncnc1.CCN(CC)CC.NC(=O)S.O=C(S)Nc1ccccc1. The second-order valence-electron chi connectivity index (χ2n) is 6.10. The molecule has 0 aliphatic heterocycles. The summed E-state index contributed by atoms with van der Waals surface area (Å²) in [5.74, 6) is 0. The average molecular weight is 468 g/mol. The summed E-state index contributed by atoms with van der Waals surface area (Å²) in [6.07, 6.45) is 8.89. The summed E-state index contributed by atoms with van der Waals surface area (Å²) in [6, 6.07) is 9.18. The van der Waals surface area contributed by atoms with E-state index in [1.54, 1.807) is 18.5 Å². The van der Waals surface area contributed by atoms with Gasteiger partial charge in [0.1, 0.15) is 6.33 Å². The van der Waals surface area contributed by atoms with Gasteiger partial charge in [-0.2, -0.15) is 0 Å². The number of aryl methyl sites for hydroxylation is 1. The number of nitrogens with one attached hydrogen (secondary N) is 1. The van der Waals surface area contributed by atoms with Gasteiger partial charge >= 0.3 is 0 Å². The van der Waals surface area contributed by atoms with Crippen LogP contribution in [-0.4, -0.2) is 45.0 Å². The molecule has 0 fully saturated rings. The van der Waals surface area contributed by atoms with Crippen molar-refractivity contribution >= 4 is 41.4 Å². The van der Waals surface area contributed by atoms with Crippen LogP contribution in [-0.2, 0) is 6.42 Å². The van der Waals surface area contributed by atoms with E-state index >= 15 is 0 Å². The molecule has 0 atom stereocenters. The van der Waals surface area contributed by atoms with Crippen LogP contribution in [0.2, 0.25) is 0 Å². The minimum atomic E-state index is -0.639. The van der Waals surface area contributed by atoms with E-state index in [0.717, 1.165) is 12.1 Å². The molecule has 0 bridgehead atoms. The Balaban J connectivity index is 0. The summed E-state index contributed by atoms with van der Waals surface area (Å²) in [5, 5.41) is 1.55. The van der Waals surface area contributed by atoms with Crippen molar-refractivity contribution in [2.24, 2.45) is 5.73 Å². The van der Waals surface area contributed by atoms with Crippen LogP contribution < -0.4 is 11.1 Å². The molecule has 0 aliphatic carbocycles. The largest absolute Gasteiger partial charge is 0.361 e. The van der Waals surface area contributed by atoms with E-state index in [9.17, 15) is 4.79 Å². The molecule has 1 heterocycles. The minimum Gasteiger partial charge on any atom is -0.361 e. The summed E-state index contributed by atoms with van der Waals surface area (Å²) in [4.78, 5) is 29.7. The molecule has 0 unspecified atom stereocenters. The third kappa shape index (κ3) is 24.0. The van der Waals surface area contributed by atoms with Gasteiger partial charge in [-0.1, -0.05) is 77.6 Å². The monoisotopic (exact) mass is 467 g/mol. The number of carbonyl (C=O) groups is 2. The first-order chi connectivity index (χ1) is 14.8. The fourth-order valence-electron chi connectivity index (χ4n) is 2.16. The fraction of sp³-hybridized carbons (Fsp3) is 0.455. The lowest BCUT2D eigenvalue weighted by Gasteiger charge is -2.13. The number of nitrogens with zero attached hydrogens (tertiary/aromatic N) is 3. The van der Waals surface area contributed by atoms with Crippen molar-refractivity contribution in [3.05, 3.63) is 54.6 Å². The normalized spacial score (nSPS) is 9.13. The van der Waals surface area contributed by atoms with Gasteiger partial charge in [0, 0.05) is 18.1 Å². The van der Waals surface area contributed by atoms with Crippen molar-refractivity contribution in [3.8, 4) is 0 Å². The number of nitrogens with two attached hydrogens (primary N) is 1. The highest BCUT2D eigenvalue weighted by Crippen LogP contribution is 2.05. The molecule has 0 saturated heterocycles. The van der Waals surface area contributed by atoms with E-state index in [1.807, 2.05) is 30.6 Å². The third-order valence-electron chi connectivity index (χ3n) is 3.80. The molecule has 0 aliphatic rings. The standard InChI is InChI=1S/C8H12N2.C7H7NOS.C6H15N.CH3NOS/c1-2-3-4-8-5-9-7-10-6-8;9-7(10)8-6-4-2-1-3-5-6;1-4-7(5-2)6-3;2-1(3)4/h5-7H,2-4H2,1H3;1-5H,(H2,8,9,10);4-6H2,1-3H3;(H3,2,3,4). The highest BCUT2D eigenvalue weighted by atomic mass is 32.1. The van der Waals surface area contributed by atoms with E-state index in [2.05, 4.69) is 78.9 Å². The van der Waals surface area contributed by atoms with E-state index in [1.165, 1.54) is 38.0 Å². The number of amides is 2. The number of carbonyl (C=O) groups excluding carboxylic acids is 2. The molecule has 2 rings (SSSR count). The molecule has 2 aromatic rings. The number of aromatic nitrogens is 2. The van der Waals surface area contributed by atoms with Crippen molar-refractivity contribution in [1.29, 1.82) is 0 Å². The Morgan fingerprint density at radius 3 is 1.81 bits per heavy atom. The highest BCUT2D eigenvalue weighted by molar-refractivity contribution is 7.97. The van der Waals surface area contributed by atoms with E-state index in [-0.39, 0.29) is 5.24 Å². The molecule has 0 radical (unpaired) electrons. The molecular formula is C22H37N5O2S2. The summed E-state index contributed by atoms with van der Waals surface area (Å²) >= 11 is 6.66. The second kappa shape index (κ2) is 22.6. The van der Waals surface area contributed by atoms with Crippen molar-refractivity contribution in [3.63, 3.8) is 0 Å². The lowest BCUT2D eigenvalue weighted by atomic mass is 10.2. The highest BCUT2D eigenvalue weighted by Gasteiger charge is 1.91. The van der Waals surface area contributed by atoms with E-state index in [4.69, 9.17) is 4.79 Å². The Morgan fingerprint density at radius 2 is 1.45 bits per heavy atom. The number of hydrogen-bond donors (Lipinski definition) is 4. The van der Waals surface area contributed by atoms with Crippen LogP contribution in [0.15, 0.2) is 49.1 Å². The number of benzene rings is 1. The molecule has 174 valence electrons. The number of para-hydroxylation sites is 1. The molecule has 3 N–H and O–H groups in total. The number of unbranched alkanes of at least 4 members (excludes halogenated alkanes) is 1. The van der Waals surface area contributed by atoms with Gasteiger partial charge < -0.3 is 16.0 Å². The Morgan fingerprint density at radius 1 is 0.968 bits per heavy atom. The molecule has 31 heavy (non-hydrogen) atoms. The first kappa shape index (κ1) is 31.1. The Kier molecular flexibility index (Phi) is 22.6. The number of hydrogen-bond acceptors (Lipinski definition) is 5. The summed E-state index contributed by atoms with van der Waals surface area (Å²) in [6.45, 7) is 12.3.